The van der Waals surface area contributed by atoms with Crippen LogP contribution in [-0.4, -0.2) is 12.2 Å². The third-order valence-corrected chi connectivity index (χ3v) is 3.65. The Morgan fingerprint density at radius 1 is 0.950 bits per heavy atom. The van der Waals surface area contributed by atoms with Crippen molar-refractivity contribution in [1.82, 2.24) is 0 Å². The number of benzene rings is 1. The van der Waals surface area contributed by atoms with E-state index in [2.05, 4.69) is 57.5 Å². The summed E-state index contributed by atoms with van der Waals surface area (Å²) >= 11 is 0. The maximum atomic E-state index is 5.74. The lowest BCUT2D eigenvalue weighted by Crippen LogP contribution is -2.19. The molecule has 1 nitrogen and oxygen atoms in total. The minimum Gasteiger partial charge on any atom is -0.376 e. The van der Waals surface area contributed by atoms with Crippen LogP contribution >= 0.6 is 0 Å². The number of allylic oxidation sites excluding steroid dienone is 2. The third kappa shape index (κ3) is 4.79. The van der Waals surface area contributed by atoms with Crippen LogP contribution in [0.4, 0.5) is 0 Å². The second-order valence-electron chi connectivity index (χ2n) is 6.57. The fourth-order valence-electron chi connectivity index (χ4n) is 2.58. The lowest BCUT2D eigenvalue weighted by molar-refractivity contribution is -0.00472. The van der Waals surface area contributed by atoms with Crippen molar-refractivity contribution in [3.8, 4) is 0 Å². The molecule has 1 aromatic rings. The Balaban J connectivity index is 1.59. The Morgan fingerprint density at radius 2 is 1.70 bits per heavy atom. The Kier molecular flexibility index (Phi) is 5.42. The summed E-state index contributed by atoms with van der Waals surface area (Å²) < 4.78 is 5.74. The quantitative estimate of drug-likeness (QED) is 0.603. The molecule has 0 aliphatic heterocycles. The first-order valence-corrected chi connectivity index (χ1v) is 7.83. The number of hydrogen-bond donors (Lipinski definition) is 0. The van der Waals surface area contributed by atoms with Crippen molar-refractivity contribution < 1.29 is 4.74 Å². The summed E-state index contributed by atoms with van der Waals surface area (Å²) in [6.07, 6.45) is 10.8. The van der Waals surface area contributed by atoms with E-state index in [0.29, 0.717) is 0 Å². The summed E-state index contributed by atoms with van der Waals surface area (Å²) in [5.41, 5.74) is 4.32. The molecule has 1 aromatic carbocycles. The molecule has 0 heterocycles. The fraction of sp³-hybridized carbons (Fsp3) is 0.526. The molecule has 0 saturated heterocycles. The molecule has 1 aliphatic rings. The Labute approximate surface area is 124 Å². The smallest absolute Gasteiger partial charge is 0.0598 e. The van der Waals surface area contributed by atoms with Gasteiger partial charge in [-0.1, -0.05) is 43.2 Å². The molecular formula is C19H27O. The predicted molar refractivity (Wildman–Crippen MR) is 86.6 cm³/mol. The van der Waals surface area contributed by atoms with Gasteiger partial charge in [0.25, 0.3) is 0 Å². The van der Waals surface area contributed by atoms with Gasteiger partial charge in [0.05, 0.1) is 5.60 Å². The van der Waals surface area contributed by atoms with E-state index < -0.39 is 0 Å². The zero-order valence-electron chi connectivity index (χ0n) is 13.1. The van der Waals surface area contributed by atoms with Gasteiger partial charge in [-0.2, -0.15) is 0 Å². The van der Waals surface area contributed by atoms with Gasteiger partial charge in [-0.05, 0) is 56.7 Å². The van der Waals surface area contributed by atoms with Gasteiger partial charge in [0.2, 0.25) is 0 Å². The van der Waals surface area contributed by atoms with E-state index in [9.17, 15) is 0 Å². The molecule has 0 saturated carbocycles. The Bertz CT molecular complexity index is 451. The van der Waals surface area contributed by atoms with Crippen molar-refractivity contribution in [1.29, 1.82) is 0 Å². The van der Waals surface area contributed by atoms with Crippen molar-refractivity contribution in [2.24, 2.45) is 0 Å². The van der Waals surface area contributed by atoms with Crippen LogP contribution < -0.4 is 0 Å². The maximum absolute atomic E-state index is 5.74. The van der Waals surface area contributed by atoms with E-state index in [1.165, 1.54) is 48.8 Å². The number of hydrogen-bond acceptors (Lipinski definition) is 1. The normalized spacial score (nSPS) is 14.2. The fourth-order valence-corrected chi connectivity index (χ4v) is 2.58. The van der Waals surface area contributed by atoms with Gasteiger partial charge in [0.15, 0.2) is 0 Å². The van der Waals surface area contributed by atoms with Crippen LogP contribution in [0.1, 0.15) is 64.0 Å². The summed E-state index contributed by atoms with van der Waals surface area (Å²) in [5, 5.41) is 0. The maximum Gasteiger partial charge on any atom is 0.0598 e. The summed E-state index contributed by atoms with van der Waals surface area (Å²) in [5.74, 6) is 0. The van der Waals surface area contributed by atoms with Gasteiger partial charge in [-0.3, -0.25) is 0 Å². The van der Waals surface area contributed by atoms with E-state index >= 15 is 0 Å². The van der Waals surface area contributed by atoms with E-state index in [1.807, 2.05) is 0 Å². The molecule has 0 N–H and O–H groups in total. The predicted octanol–water partition coefficient (Wildman–Crippen LogP) is 5.40. The number of fused-ring (bicyclic) bond motifs is 1. The number of rotatable bonds is 7. The van der Waals surface area contributed by atoms with Gasteiger partial charge >= 0.3 is 0 Å². The minimum absolute atomic E-state index is 0.00814. The molecule has 2 rings (SSSR count). The van der Waals surface area contributed by atoms with Gasteiger partial charge in [0.1, 0.15) is 0 Å². The Morgan fingerprint density at radius 3 is 2.50 bits per heavy atom. The monoisotopic (exact) mass is 271 g/mol. The highest BCUT2D eigenvalue weighted by Crippen LogP contribution is 2.31. The number of ether oxygens (including phenoxy) is 1. The SMILES string of the molecule is CC(C)(C)OCCCCCCC1=C[CH]c2ccccc21. The molecule has 0 bridgehead atoms. The van der Waals surface area contributed by atoms with Crippen LogP contribution in [0.15, 0.2) is 30.3 Å². The third-order valence-electron chi connectivity index (χ3n) is 3.65. The zero-order valence-corrected chi connectivity index (χ0v) is 13.1. The molecule has 0 aromatic heterocycles. The highest BCUT2D eigenvalue weighted by molar-refractivity contribution is 5.76. The highest BCUT2D eigenvalue weighted by atomic mass is 16.5. The van der Waals surface area contributed by atoms with Crippen molar-refractivity contribution in [2.45, 2.75) is 58.5 Å². The van der Waals surface area contributed by atoms with Gasteiger partial charge in [0, 0.05) is 13.0 Å². The molecular weight excluding hydrogens is 244 g/mol. The molecule has 0 amide bonds. The van der Waals surface area contributed by atoms with Crippen LogP contribution in [0.3, 0.4) is 0 Å². The van der Waals surface area contributed by atoms with E-state index in [-0.39, 0.29) is 5.60 Å². The summed E-state index contributed by atoms with van der Waals surface area (Å²) in [6.45, 7) is 7.25. The molecule has 0 unspecified atom stereocenters. The topological polar surface area (TPSA) is 9.23 Å². The average Bonchev–Trinajstić information content (AvgIpc) is 2.80. The van der Waals surface area contributed by atoms with Crippen molar-refractivity contribution >= 4 is 5.57 Å². The lowest BCUT2D eigenvalue weighted by Gasteiger charge is -2.19. The van der Waals surface area contributed by atoms with Crippen LogP contribution in [0, 0.1) is 6.42 Å². The van der Waals surface area contributed by atoms with E-state index in [1.54, 1.807) is 0 Å². The molecule has 1 radical (unpaired) electrons. The van der Waals surface area contributed by atoms with Crippen LogP contribution in [0.2, 0.25) is 0 Å². The number of unbranched alkanes of at least 4 members (excludes halogenated alkanes) is 3. The van der Waals surface area contributed by atoms with Gasteiger partial charge < -0.3 is 4.74 Å². The average molecular weight is 271 g/mol. The highest BCUT2D eigenvalue weighted by Gasteiger charge is 2.12. The minimum atomic E-state index is 0.00814. The summed E-state index contributed by atoms with van der Waals surface area (Å²) in [6, 6.07) is 8.68. The molecule has 1 heteroatoms. The van der Waals surface area contributed by atoms with Crippen LogP contribution in [0.25, 0.3) is 5.57 Å². The van der Waals surface area contributed by atoms with Crippen molar-refractivity contribution in [3.63, 3.8) is 0 Å². The first-order valence-electron chi connectivity index (χ1n) is 7.83. The van der Waals surface area contributed by atoms with Crippen molar-refractivity contribution in [3.05, 3.63) is 47.9 Å². The van der Waals surface area contributed by atoms with Gasteiger partial charge in [-0.15, -0.1) is 0 Å². The molecule has 1 aliphatic carbocycles. The van der Waals surface area contributed by atoms with Crippen molar-refractivity contribution in [2.75, 3.05) is 6.61 Å². The second-order valence-corrected chi connectivity index (χ2v) is 6.57. The largest absolute Gasteiger partial charge is 0.376 e. The molecule has 0 atom stereocenters. The Hall–Kier alpha value is -1.08. The summed E-state index contributed by atoms with van der Waals surface area (Å²) in [7, 11) is 0. The lowest BCUT2D eigenvalue weighted by atomic mass is 10.0. The van der Waals surface area contributed by atoms with Crippen LogP contribution in [0.5, 0.6) is 0 Å². The van der Waals surface area contributed by atoms with E-state index in [4.69, 9.17) is 4.74 Å². The molecule has 109 valence electrons. The standard InChI is InChI=1S/C19H27O/c1-19(2,3)20-15-9-5-4-6-10-16-13-14-17-11-7-8-12-18(16)17/h7-8,11-14H,4-6,9-10,15H2,1-3H3. The zero-order chi connectivity index (χ0) is 14.4. The van der Waals surface area contributed by atoms with Gasteiger partial charge in [-0.25, -0.2) is 0 Å². The van der Waals surface area contributed by atoms with E-state index in [0.717, 1.165) is 6.61 Å². The molecule has 0 spiro atoms. The molecule has 20 heavy (non-hydrogen) atoms. The first kappa shape index (κ1) is 15.3. The van der Waals surface area contributed by atoms with Crippen LogP contribution in [-0.2, 0) is 4.74 Å². The first-order chi connectivity index (χ1) is 9.56. The summed E-state index contributed by atoms with van der Waals surface area (Å²) in [4.78, 5) is 0. The molecule has 0 fully saturated rings. The second kappa shape index (κ2) is 7.08.